The van der Waals surface area contributed by atoms with Crippen molar-refractivity contribution in [3.8, 4) is 17.2 Å². The number of Topliss-reactive ketones (excluding diaryl/α,β-unsaturated/α-hetero) is 1. The summed E-state index contributed by atoms with van der Waals surface area (Å²) in [4.78, 5) is 43.3. The highest BCUT2D eigenvalue weighted by molar-refractivity contribution is 6.25. The van der Waals surface area contributed by atoms with Crippen molar-refractivity contribution in [2.24, 2.45) is 16.9 Å². The lowest BCUT2D eigenvalue weighted by atomic mass is 9.83. The molecule has 38 heavy (non-hydrogen) atoms. The minimum Gasteiger partial charge on any atom is -0.497 e. The van der Waals surface area contributed by atoms with Crippen LogP contribution in [0.15, 0.2) is 71.8 Å². The predicted molar refractivity (Wildman–Crippen MR) is 139 cm³/mol. The van der Waals surface area contributed by atoms with Crippen LogP contribution < -0.4 is 19.1 Å². The second-order valence-corrected chi connectivity index (χ2v) is 9.34. The summed E-state index contributed by atoms with van der Waals surface area (Å²) in [5, 5.41) is 6.24. The summed E-state index contributed by atoms with van der Waals surface area (Å²) in [5.74, 6) is -1.42. The molecular weight excluding hydrogens is 486 g/mol. The van der Waals surface area contributed by atoms with E-state index in [1.165, 1.54) is 14.2 Å². The maximum absolute atomic E-state index is 14.1. The van der Waals surface area contributed by atoms with Crippen LogP contribution in [0.2, 0.25) is 0 Å². The van der Waals surface area contributed by atoms with Crippen LogP contribution >= 0.6 is 0 Å². The molecule has 2 fully saturated rings. The highest BCUT2D eigenvalue weighted by Crippen LogP contribution is 2.54. The number of fused-ring (bicyclic) bond motifs is 5. The molecule has 2 amide bonds. The van der Waals surface area contributed by atoms with Gasteiger partial charge in [0.15, 0.2) is 5.78 Å². The Bertz CT molecular complexity index is 1480. The Morgan fingerprint density at radius 1 is 0.816 bits per heavy atom. The van der Waals surface area contributed by atoms with E-state index in [-0.39, 0.29) is 5.78 Å². The molecule has 0 saturated carbocycles. The first-order valence-electron chi connectivity index (χ1n) is 12.2. The first-order chi connectivity index (χ1) is 18.5. The maximum Gasteiger partial charge on any atom is 0.240 e. The fraction of sp³-hybridized carbons (Fsp3) is 0.241. The van der Waals surface area contributed by atoms with Crippen molar-refractivity contribution in [1.82, 2.24) is 5.01 Å². The summed E-state index contributed by atoms with van der Waals surface area (Å²) in [6.07, 6.45) is 1.68. The van der Waals surface area contributed by atoms with Gasteiger partial charge in [0.1, 0.15) is 23.3 Å². The van der Waals surface area contributed by atoms with Gasteiger partial charge >= 0.3 is 0 Å². The standard InChI is InChI=1S/C29H25N3O6/c1-36-18-10-8-16(9-11-18)27(33)26-24-23(25-20-7-5-4-6-17(20)15-30-32(25)26)28(34)31(29(24)35)21-13-12-19(37-2)14-22(21)38-3/h4-15,23-26H,1-3H3/t23-,24+,25-,26-/m1/s1. The van der Waals surface area contributed by atoms with Crippen LogP contribution in [0.1, 0.15) is 27.5 Å². The van der Waals surface area contributed by atoms with Gasteiger partial charge in [-0.2, -0.15) is 5.10 Å². The number of hydrogen-bond acceptors (Lipinski definition) is 8. The Balaban J connectivity index is 1.48. The average Bonchev–Trinajstić information content (AvgIpc) is 3.44. The van der Waals surface area contributed by atoms with Gasteiger partial charge in [-0.3, -0.25) is 19.4 Å². The van der Waals surface area contributed by atoms with Crippen molar-refractivity contribution in [1.29, 1.82) is 0 Å². The van der Waals surface area contributed by atoms with E-state index in [4.69, 9.17) is 14.2 Å². The summed E-state index contributed by atoms with van der Waals surface area (Å²) in [7, 11) is 4.54. The molecule has 0 aliphatic carbocycles. The zero-order valence-electron chi connectivity index (χ0n) is 21.0. The monoisotopic (exact) mass is 511 g/mol. The molecule has 3 heterocycles. The third-order valence-electron chi connectivity index (χ3n) is 7.56. The second kappa shape index (κ2) is 9.02. The second-order valence-electron chi connectivity index (χ2n) is 9.34. The molecule has 0 N–H and O–H groups in total. The number of methoxy groups -OCH3 is 3. The van der Waals surface area contributed by atoms with Gasteiger partial charge in [0, 0.05) is 11.6 Å². The van der Waals surface area contributed by atoms with Crippen LogP contribution in [-0.4, -0.2) is 56.2 Å². The highest BCUT2D eigenvalue weighted by atomic mass is 16.5. The number of benzene rings is 3. The summed E-state index contributed by atoms with van der Waals surface area (Å²) in [6.45, 7) is 0. The number of carbonyl (C=O) groups is 3. The number of ketones is 1. The van der Waals surface area contributed by atoms with Crippen LogP contribution in [0, 0.1) is 11.8 Å². The van der Waals surface area contributed by atoms with Crippen molar-refractivity contribution in [2.75, 3.05) is 26.2 Å². The Morgan fingerprint density at radius 3 is 2.21 bits per heavy atom. The SMILES string of the molecule is COc1ccc(C(=O)[C@H]2[C@H]3C(=O)N(c4ccc(OC)cc4OC)C(=O)[C@H]3[C@H]3c4ccccc4C=NN32)cc1. The van der Waals surface area contributed by atoms with Crippen LogP contribution in [0.25, 0.3) is 0 Å². The molecule has 6 rings (SSSR count). The van der Waals surface area contributed by atoms with E-state index in [9.17, 15) is 14.4 Å². The molecule has 3 aliphatic rings. The van der Waals surface area contributed by atoms with Crippen molar-refractivity contribution in [3.05, 3.63) is 83.4 Å². The van der Waals surface area contributed by atoms with Crippen molar-refractivity contribution in [3.63, 3.8) is 0 Å². The third kappa shape index (κ3) is 3.38. The minimum atomic E-state index is -0.964. The molecule has 4 atom stereocenters. The lowest BCUT2D eigenvalue weighted by molar-refractivity contribution is -0.124. The number of carbonyl (C=O) groups excluding carboxylic acids is 3. The molecule has 0 aromatic heterocycles. The number of nitrogens with zero attached hydrogens (tertiary/aromatic N) is 3. The van der Waals surface area contributed by atoms with Crippen LogP contribution in [0.3, 0.4) is 0 Å². The zero-order chi connectivity index (χ0) is 26.6. The molecule has 9 heteroatoms. The molecule has 2 saturated heterocycles. The number of hydrazone groups is 1. The summed E-state index contributed by atoms with van der Waals surface area (Å²) in [5.41, 5.74) is 2.43. The molecule has 3 aromatic rings. The Labute approximate surface area is 219 Å². The molecule has 192 valence electrons. The number of ether oxygens (including phenoxy) is 3. The van der Waals surface area contributed by atoms with E-state index in [1.807, 2.05) is 24.3 Å². The minimum absolute atomic E-state index is 0.286. The van der Waals surface area contributed by atoms with Crippen LogP contribution in [0.4, 0.5) is 5.69 Å². The predicted octanol–water partition coefficient (Wildman–Crippen LogP) is 3.47. The highest BCUT2D eigenvalue weighted by Gasteiger charge is 2.65. The van der Waals surface area contributed by atoms with Crippen LogP contribution in [-0.2, 0) is 9.59 Å². The van der Waals surface area contributed by atoms with E-state index in [0.717, 1.165) is 16.0 Å². The third-order valence-corrected chi connectivity index (χ3v) is 7.56. The number of imide groups is 1. The zero-order valence-corrected chi connectivity index (χ0v) is 21.0. The fourth-order valence-corrected chi connectivity index (χ4v) is 5.80. The van der Waals surface area contributed by atoms with E-state index >= 15 is 0 Å². The molecule has 3 aromatic carbocycles. The van der Waals surface area contributed by atoms with Crippen molar-refractivity contribution in [2.45, 2.75) is 12.1 Å². The van der Waals surface area contributed by atoms with E-state index in [2.05, 4.69) is 5.10 Å². The maximum atomic E-state index is 14.1. The van der Waals surface area contributed by atoms with Gasteiger partial charge in [0.25, 0.3) is 0 Å². The average molecular weight is 512 g/mol. The Kier molecular flexibility index (Phi) is 5.63. The molecule has 0 spiro atoms. The lowest BCUT2D eigenvalue weighted by Crippen LogP contribution is -2.44. The largest absolute Gasteiger partial charge is 0.497 e. The van der Waals surface area contributed by atoms with E-state index < -0.39 is 35.7 Å². The van der Waals surface area contributed by atoms with E-state index in [0.29, 0.717) is 28.5 Å². The molecule has 0 unspecified atom stereocenters. The first-order valence-corrected chi connectivity index (χ1v) is 12.2. The summed E-state index contributed by atoms with van der Waals surface area (Å²) < 4.78 is 16.0. The van der Waals surface area contributed by atoms with Gasteiger partial charge in [-0.1, -0.05) is 24.3 Å². The first kappa shape index (κ1) is 23.7. The molecule has 3 aliphatic heterocycles. The fourth-order valence-electron chi connectivity index (χ4n) is 5.80. The van der Waals surface area contributed by atoms with Gasteiger partial charge in [-0.25, -0.2) is 4.90 Å². The number of hydrogen-bond donors (Lipinski definition) is 0. The molecular formula is C29H25N3O6. The molecule has 9 nitrogen and oxygen atoms in total. The Hall–Kier alpha value is -4.66. The van der Waals surface area contributed by atoms with Gasteiger partial charge in [-0.15, -0.1) is 0 Å². The van der Waals surface area contributed by atoms with E-state index in [1.54, 1.807) is 60.8 Å². The number of amides is 2. The quantitative estimate of drug-likeness (QED) is 0.369. The smallest absolute Gasteiger partial charge is 0.240 e. The number of rotatable bonds is 6. The van der Waals surface area contributed by atoms with Crippen LogP contribution in [0.5, 0.6) is 17.2 Å². The topological polar surface area (TPSA) is 97.7 Å². The van der Waals surface area contributed by atoms with Gasteiger partial charge < -0.3 is 14.2 Å². The lowest BCUT2D eigenvalue weighted by Gasteiger charge is -2.34. The normalized spacial score (nSPS) is 23.1. The Morgan fingerprint density at radius 2 is 1.50 bits per heavy atom. The summed E-state index contributed by atoms with van der Waals surface area (Å²) >= 11 is 0. The van der Waals surface area contributed by atoms with Crippen molar-refractivity contribution < 1.29 is 28.6 Å². The molecule has 0 radical (unpaired) electrons. The molecule has 0 bridgehead atoms. The van der Waals surface area contributed by atoms with Gasteiger partial charge in [-0.05, 0) is 47.5 Å². The van der Waals surface area contributed by atoms with Gasteiger partial charge in [0.2, 0.25) is 11.8 Å². The number of anilines is 1. The van der Waals surface area contributed by atoms with Gasteiger partial charge in [0.05, 0.1) is 51.1 Å². The summed E-state index contributed by atoms with van der Waals surface area (Å²) in [6, 6.07) is 17.7. The van der Waals surface area contributed by atoms with Crippen molar-refractivity contribution >= 4 is 29.5 Å².